The van der Waals surface area contributed by atoms with E-state index >= 15 is 0 Å². The normalized spacial score (nSPS) is 15.6. The summed E-state index contributed by atoms with van der Waals surface area (Å²) in [5.41, 5.74) is 0.685. The fourth-order valence-electron chi connectivity index (χ4n) is 2.61. The quantitative estimate of drug-likeness (QED) is 0.496. The minimum absolute atomic E-state index is 0.107. The molecule has 0 atom stereocenters. The predicted molar refractivity (Wildman–Crippen MR) is 107 cm³/mol. The summed E-state index contributed by atoms with van der Waals surface area (Å²) in [6.07, 6.45) is 1.57. The first-order valence-corrected chi connectivity index (χ1v) is 10.0. The Kier molecular flexibility index (Phi) is 5.36. The van der Waals surface area contributed by atoms with Gasteiger partial charge >= 0.3 is 0 Å². The highest BCUT2D eigenvalue weighted by Gasteiger charge is 2.35. The molecule has 2 heterocycles. The Morgan fingerprint density at radius 1 is 1.00 bits per heavy atom. The maximum atomic E-state index is 13.0. The maximum Gasteiger partial charge on any atom is 0.293 e. The highest BCUT2D eigenvalue weighted by atomic mass is 32.2. The van der Waals surface area contributed by atoms with E-state index in [-0.39, 0.29) is 23.5 Å². The van der Waals surface area contributed by atoms with Gasteiger partial charge in [0.1, 0.15) is 11.6 Å². The first kappa shape index (κ1) is 18.6. The fourth-order valence-corrected chi connectivity index (χ4v) is 4.23. The topological polar surface area (TPSA) is 50.5 Å². The number of rotatable bonds is 5. The monoisotopic (exact) mass is 411 g/mol. The number of hydrogen-bond donors (Lipinski definition) is 0. The third-order valence-corrected chi connectivity index (χ3v) is 5.80. The zero-order valence-electron chi connectivity index (χ0n) is 14.5. The lowest BCUT2D eigenvalue weighted by atomic mass is 10.2. The number of carbonyl (C=O) groups is 2. The van der Waals surface area contributed by atoms with Gasteiger partial charge in [0.05, 0.1) is 11.4 Å². The van der Waals surface area contributed by atoms with Crippen molar-refractivity contribution in [3.05, 3.63) is 88.8 Å². The lowest BCUT2D eigenvalue weighted by Gasteiger charge is -2.12. The lowest BCUT2D eigenvalue weighted by Crippen LogP contribution is -2.27. The number of imide groups is 1. The molecule has 28 heavy (non-hydrogen) atoms. The Bertz CT molecular complexity index is 1050. The van der Waals surface area contributed by atoms with Crippen LogP contribution in [0.1, 0.15) is 11.3 Å². The number of amides is 2. The van der Waals surface area contributed by atoms with Crippen molar-refractivity contribution in [1.29, 1.82) is 0 Å². The summed E-state index contributed by atoms with van der Waals surface area (Å²) in [4.78, 5) is 27.3. The van der Waals surface area contributed by atoms with Crippen molar-refractivity contribution >= 4 is 40.7 Å². The van der Waals surface area contributed by atoms with Crippen LogP contribution in [0.15, 0.2) is 86.0 Å². The van der Waals surface area contributed by atoms with Gasteiger partial charge in [0, 0.05) is 11.0 Å². The molecule has 1 fully saturated rings. The molecular weight excluding hydrogens is 397 g/mol. The Balaban J connectivity index is 1.47. The fraction of sp³-hybridized carbons (Fsp3) is 0.0476. The third-order valence-electron chi connectivity index (χ3n) is 3.96. The molecule has 4 rings (SSSR count). The predicted octanol–water partition coefficient (Wildman–Crippen LogP) is 5.81. The molecular formula is C21H14FNO3S2. The summed E-state index contributed by atoms with van der Waals surface area (Å²) in [6.45, 7) is 0.107. The van der Waals surface area contributed by atoms with Crippen molar-refractivity contribution in [3.8, 4) is 0 Å². The van der Waals surface area contributed by atoms with Gasteiger partial charge in [-0.05, 0) is 53.7 Å². The second kappa shape index (κ2) is 8.08. The van der Waals surface area contributed by atoms with Crippen LogP contribution >= 0.6 is 23.5 Å². The second-order valence-corrected chi connectivity index (χ2v) is 8.04. The number of halogens is 1. The van der Waals surface area contributed by atoms with Crippen LogP contribution in [0.3, 0.4) is 0 Å². The van der Waals surface area contributed by atoms with Crippen LogP contribution in [0.2, 0.25) is 0 Å². The van der Waals surface area contributed by atoms with Crippen LogP contribution in [0.5, 0.6) is 0 Å². The van der Waals surface area contributed by atoms with Crippen LogP contribution in [-0.2, 0) is 11.3 Å². The minimum Gasteiger partial charge on any atom is -0.450 e. The number of hydrogen-bond acceptors (Lipinski definition) is 5. The Morgan fingerprint density at radius 3 is 2.50 bits per heavy atom. The molecule has 1 aliphatic heterocycles. The number of carbonyl (C=O) groups excluding carboxylic acids is 2. The van der Waals surface area contributed by atoms with E-state index in [0.29, 0.717) is 21.3 Å². The Hall–Kier alpha value is -2.77. The van der Waals surface area contributed by atoms with E-state index in [1.165, 1.54) is 23.9 Å². The Morgan fingerprint density at radius 2 is 1.75 bits per heavy atom. The number of nitrogens with zero attached hydrogens (tertiary/aromatic N) is 1. The molecule has 2 aromatic carbocycles. The molecule has 1 saturated heterocycles. The summed E-state index contributed by atoms with van der Waals surface area (Å²) >= 11 is 2.35. The smallest absolute Gasteiger partial charge is 0.293 e. The van der Waals surface area contributed by atoms with Crippen molar-refractivity contribution in [2.45, 2.75) is 16.5 Å². The molecule has 0 aliphatic carbocycles. The van der Waals surface area contributed by atoms with Crippen molar-refractivity contribution in [1.82, 2.24) is 4.90 Å². The zero-order chi connectivity index (χ0) is 19.5. The zero-order valence-corrected chi connectivity index (χ0v) is 16.1. The molecule has 4 nitrogen and oxygen atoms in total. The molecule has 0 spiro atoms. The molecule has 140 valence electrons. The third kappa shape index (κ3) is 4.21. The van der Waals surface area contributed by atoms with E-state index in [9.17, 15) is 14.0 Å². The molecule has 0 saturated carbocycles. The summed E-state index contributed by atoms with van der Waals surface area (Å²) in [5.74, 6) is -0.238. The molecule has 7 heteroatoms. The second-order valence-electron chi connectivity index (χ2n) is 5.97. The summed E-state index contributed by atoms with van der Waals surface area (Å²) in [5, 5.41) is 0.342. The van der Waals surface area contributed by atoms with Crippen LogP contribution in [0, 0.1) is 5.82 Å². The summed E-state index contributed by atoms with van der Waals surface area (Å²) in [6, 6.07) is 19.1. The Labute approximate surface area is 169 Å². The van der Waals surface area contributed by atoms with Crippen LogP contribution in [0.25, 0.3) is 6.08 Å². The average Bonchev–Trinajstić information content (AvgIpc) is 3.24. The number of benzene rings is 2. The van der Waals surface area contributed by atoms with Gasteiger partial charge in [-0.2, -0.15) is 0 Å². The maximum absolute atomic E-state index is 13.0. The van der Waals surface area contributed by atoms with E-state index < -0.39 is 0 Å². The van der Waals surface area contributed by atoms with Crippen molar-refractivity contribution in [2.75, 3.05) is 0 Å². The standard InChI is InChI=1S/C21H14FNO3S2/c22-15-8-6-14(7-9-15)13-23-20(24)18(28-21(23)25)12-16-10-11-19(26-16)27-17-4-2-1-3-5-17/h1-12H,13H2/b18-12-. The summed E-state index contributed by atoms with van der Waals surface area (Å²) < 4.78 is 18.8. The van der Waals surface area contributed by atoms with Gasteiger partial charge in [-0.15, -0.1) is 0 Å². The van der Waals surface area contributed by atoms with Crippen molar-refractivity contribution in [3.63, 3.8) is 0 Å². The van der Waals surface area contributed by atoms with Crippen molar-refractivity contribution < 1.29 is 18.4 Å². The van der Waals surface area contributed by atoms with Gasteiger partial charge in [0.2, 0.25) is 0 Å². The van der Waals surface area contributed by atoms with Gasteiger partial charge in [0.15, 0.2) is 5.09 Å². The van der Waals surface area contributed by atoms with Crippen LogP contribution in [-0.4, -0.2) is 16.0 Å². The highest BCUT2D eigenvalue weighted by Crippen LogP contribution is 2.35. The first-order valence-electron chi connectivity index (χ1n) is 8.41. The molecule has 0 bridgehead atoms. The first-order chi connectivity index (χ1) is 13.6. The van der Waals surface area contributed by atoms with E-state index in [4.69, 9.17) is 4.42 Å². The number of thioether (sulfide) groups is 1. The van der Waals surface area contributed by atoms with Gasteiger partial charge in [0.25, 0.3) is 11.1 Å². The SMILES string of the molecule is O=C1S/C(=C\c2ccc(Sc3ccccc3)o2)C(=O)N1Cc1ccc(F)cc1. The minimum atomic E-state index is -0.381. The molecule has 1 aliphatic rings. The van der Waals surface area contributed by atoms with Crippen molar-refractivity contribution in [2.24, 2.45) is 0 Å². The van der Waals surface area contributed by atoms with E-state index in [0.717, 1.165) is 21.6 Å². The van der Waals surface area contributed by atoms with E-state index in [2.05, 4.69) is 0 Å². The van der Waals surface area contributed by atoms with Gasteiger partial charge in [-0.1, -0.05) is 42.1 Å². The van der Waals surface area contributed by atoms with Gasteiger partial charge in [-0.25, -0.2) is 4.39 Å². The average molecular weight is 411 g/mol. The summed E-state index contributed by atoms with van der Waals surface area (Å²) in [7, 11) is 0. The van der Waals surface area contributed by atoms with Crippen LogP contribution < -0.4 is 0 Å². The molecule has 0 N–H and O–H groups in total. The highest BCUT2D eigenvalue weighted by molar-refractivity contribution is 8.18. The molecule has 0 radical (unpaired) electrons. The number of furan rings is 1. The van der Waals surface area contributed by atoms with Gasteiger partial charge < -0.3 is 4.42 Å². The van der Waals surface area contributed by atoms with Crippen LogP contribution in [0.4, 0.5) is 9.18 Å². The van der Waals surface area contributed by atoms with E-state index in [1.54, 1.807) is 24.3 Å². The molecule has 0 unspecified atom stereocenters. The molecule has 3 aromatic rings. The largest absolute Gasteiger partial charge is 0.450 e. The lowest BCUT2D eigenvalue weighted by molar-refractivity contribution is -0.123. The molecule has 2 amide bonds. The van der Waals surface area contributed by atoms with E-state index in [1.807, 2.05) is 36.4 Å². The molecule has 1 aromatic heterocycles. The van der Waals surface area contributed by atoms with Gasteiger partial charge in [-0.3, -0.25) is 14.5 Å².